The molecule has 2 saturated heterocycles. The maximum Gasteiger partial charge on any atom is 0.337 e. The minimum absolute atomic E-state index is 0.193. The number of imidazole rings is 1. The van der Waals surface area contributed by atoms with E-state index in [9.17, 15) is 14.4 Å². The fraction of sp³-hybridized carbons (Fsp3) is 0.345. The molecular formula is C29H28ClN7O3S. The Kier molecular flexibility index (Phi) is 6.91. The molecule has 3 aromatic rings. The van der Waals surface area contributed by atoms with Crippen molar-refractivity contribution in [2.75, 3.05) is 27.0 Å². The Morgan fingerprint density at radius 1 is 1.17 bits per heavy atom. The lowest BCUT2D eigenvalue weighted by molar-refractivity contribution is -0.119. The molecule has 3 aliphatic heterocycles. The van der Waals surface area contributed by atoms with E-state index in [4.69, 9.17) is 28.9 Å². The third kappa shape index (κ3) is 4.61. The largest absolute Gasteiger partial charge is 0.368 e. The second kappa shape index (κ2) is 10.4. The molecule has 1 aromatic heterocycles. The third-order valence-electron chi connectivity index (χ3n) is 7.75. The molecule has 6 rings (SSSR count). The average molecular weight is 590 g/mol. The topological polar surface area (TPSA) is 109 Å². The van der Waals surface area contributed by atoms with Crippen LogP contribution in [0.4, 0.5) is 27.7 Å². The van der Waals surface area contributed by atoms with E-state index in [2.05, 4.69) is 15.8 Å². The molecule has 10 nitrogen and oxygen atoms in total. The van der Waals surface area contributed by atoms with Crippen LogP contribution in [0.15, 0.2) is 47.5 Å². The van der Waals surface area contributed by atoms with Crippen molar-refractivity contribution < 1.29 is 14.4 Å². The molecule has 2 aromatic carbocycles. The van der Waals surface area contributed by atoms with Crippen LogP contribution in [0.2, 0.25) is 5.02 Å². The molecule has 3 aliphatic rings. The molecular weight excluding hydrogens is 562 g/mol. The highest BCUT2D eigenvalue weighted by Gasteiger charge is 2.49. The van der Waals surface area contributed by atoms with Crippen LogP contribution in [0.3, 0.4) is 0 Å². The molecule has 0 saturated carbocycles. The predicted octanol–water partition coefficient (Wildman–Crippen LogP) is 5.31. The van der Waals surface area contributed by atoms with Crippen LogP contribution in [0.1, 0.15) is 26.7 Å². The van der Waals surface area contributed by atoms with Gasteiger partial charge in [-0.1, -0.05) is 25.4 Å². The van der Waals surface area contributed by atoms with Gasteiger partial charge in [-0.25, -0.2) is 19.5 Å². The second-order valence-corrected chi connectivity index (χ2v) is 12.3. The van der Waals surface area contributed by atoms with Crippen molar-refractivity contribution in [1.29, 1.82) is 0 Å². The number of thioether (sulfide) groups is 1. The Hall–Kier alpha value is -4.01. The van der Waals surface area contributed by atoms with E-state index in [0.29, 0.717) is 18.2 Å². The van der Waals surface area contributed by atoms with Crippen LogP contribution in [0.25, 0.3) is 16.2 Å². The van der Waals surface area contributed by atoms with Gasteiger partial charge >= 0.3 is 6.03 Å². The smallest absolute Gasteiger partial charge is 0.337 e. The molecule has 4 amide bonds. The second-order valence-electron chi connectivity index (χ2n) is 10.7. The van der Waals surface area contributed by atoms with Gasteiger partial charge in [0.05, 0.1) is 6.57 Å². The fourth-order valence-corrected chi connectivity index (χ4v) is 7.15. The number of carbonyl (C=O) groups excluding carboxylic acids is 3. The van der Waals surface area contributed by atoms with Gasteiger partial charge < -0.3 is 15.2 Å². The Balaban J connectivity index is 1.38. The molecule has 12 heteroatoms. The molecule has 0 spiro atoms. The summed E-state index contributed by atoms with van der Waals surface area (Å²) in [6, 6.07) is 8.97. The first kappa shape index (κ1) is 27.2. The molecule has 210 valence electrons. The van der Waals surface area contributed by atoms with Crippen molar-refractivity contribution in [2.45, 2.75) is 50.2 Å². The first-order valence-electron chi connectivity index (χ1n) is 13.4. The van der Waals surface area contributed by atoms with Gasteiger partial charge in [-0.15, -0.1) is 11.8 Å². The van der Waals surface area contributed by atoms with Crippen LogP contribution in [0, 0.1) is 12.5 Å². The Morgan fingerprint density at radius 3 is 2.71 bits per heavy atom. The minimum Gasteiger partial charge on any atom is -0.368 e. The molecule has 4 heterocycles. The maximum absolute atomic E-state index is 13.9. The Morgan fingerprint density at radius 2 is 1.98 bits per heavy atom. The van der Waals surface area contributed by atoms with Gasteiger partial charge in [-0.05, 0) is 55.2 Å². The number of anilines is 3. The summed E-state index contributed by atoms with van der Waals surface area (Å²) in [7, 11) is 0. The van der Waals surface area contributed by atoms with Gasteiger partial charge in [0.15, 0.2) is 11.5 Å². The summed E-state index contributed by atoms with van der Waals surface area (Å²) in [6.45, 7) is 12.6. The number of primary amides is 1. The van der Waals surface area contributed by atoms with Crippen LogP contribution in [-0.4, -0.2) is 51.8 Å². The number of urea groups is 1. The van der Waals surface area contributed by atoms with Gasteiger partial charge in [-0.3, -0.25) is 14.5 Å². The summed E-state index contributed by atoms with van der Waals surface area (Å²) in [5, 5.41) is 0.270. The lowest BCUT2D eigenvalue weighted by Crippen LogP contribution is -2.40. The number of nitrogens with two attached hydrogens (primary N) is 1. The fourth-order valence-electron chi connectivity index (χ4n) is 5.90. The standard InChI is InChI=1S/C29H28ClN7O3S/c1-16(2)25-28(39)36(20-12-17(30)11-18(13-20)32-3)29(40)37(25)24-15-34-9-10-41-23-14-19(6-7-21(23)27(34)33-24)35-8-4-5-22(35)26(31)38/h6-7,11-16,22,25H,4-5,8-10H2,1-2H3,(H2,31,38)/t22-,25?/m0/s1. The summed E-state index contributed by atoms with van der Waals surface area (Å²) in [4.78, 5) is 53.5. The Labute approximate surface area is 246 Å². The number of imide groups is 1. The summed E-state index contributed by atoms with van der Waals surface area (Å²) in [5.41, 5.74) is 8.04. The quantitative estimate of drug-likeness (QED) is 0.319. The highest BCUT2D eigenvalue weighted by Crippen LogP contribution is 2.41. The van der Waals surface area contributed by atoms with Crippen LogP contribution >= 0.6 is 23.4 Å². The van der Waals surface area contributed by atoms with E-state index in [0.717, 1.165) is 46.2 Å². The van der Waals surface area contributed by atoms with Gasteiger partial charge in [0.2, 0.25) is 5.91 Å². The monoisotopic (exact) mass is 589 g/mol. The molecule has 0 bridgehead atoms. The number of benzene rings is 2. The van der Waals surface area contributed by atoms with Crippen LogP contribution in [-0.2, 0) is 16.1 Å². The number of fused-ring (bicyclic) bond motifs is 3. The number of nitrogens with zero attached hydrogens (tertiary/aromatic N) is 6. The Bertz CT molecular complexity index is 1630. The minimum atomic E-state index is -0.769. The number of aromatic nitrogens is 2. The number of hydrogen-bond donors (Lipinski definition) is 1. The van der Waals surface area contributed by atoms with Gasteiger partial charge in [0.25, 0.3) is 5.91 Å². The summed E-state index contributed by atoms with van der Waals surface area (Å²) in [6.07, 6.45) is 3.49. The highest BCUT2D eigenvalue weighted by atomic mass is 35.5. The van der Waals surface area contributed by atoms with Crippen molar-refractivity contribution in [2.24, 2.45) is 11.7 Å². The molecule has 2 atom stereocenters. The van der Waals surface area contributed by atoms with Crippen LogP contribution in [0.5, 0.6) is 0 Å². The predicted molar refractivity (Wildman–Crippen MR) is 160 cm³/mol. The summed E-state index contributed by atoms with van der Waals surface area (Å²) >= 11 is 7.93. The van der Waals surface area contributed by atoms with Gasteiger partial charge in [-0.2, -0.15) is 0 Å². The molecule has 2 N–H and O–H groups in total. The van der Waals surface area contributed by atoms with E-state index in [1.54, 1.807) is 11.8 Å². The zero-order chi connectivity index (χ0) is 29.0. The van der Waals surface area contributed by atoms with Crippen molar-refractivity contribution >= 4 is 64.1 Å². The third-order valence-corrected chi connectivity index (χ3v) is 9.01. The average Bonchev–Trinajstić information content (AvgIpc) is 3.62. The zero-order valence-electron chi connectivity index (χ0n) is 22.6. The molecule has 0 aliphatic carbocycles. The SMILES string of the molecule is [C-]#[N+]c1cc(Cl)cc(N2C(=O)C(C(C)C)N(c3cn4c(n3)-c3ccc(N5CCC[C@H]5C(N)=O)cc3SCC4)C2=O)c1. The number of halogens is 1. The lowest BCUT2D eigenvalue weighted by atomic mass is 10.0. The van der Waals surface area contributed by atoms with Crippen molar-refractivity contribution in [3.63, 3.8) is 0 Å². The first-order valence-corrected chi connectivity index (χ1v) is 14.8. The van der Waals surface area contributed by atoms with E-state index in [1.807, 2.05) is 36.7 Å². The van der Waals surface area contributed by atoms with Gasteiger partial charge in [0.1, 0.15) is 17.9 Å². The molecule has 41 heavy (non-hydrogen) atoms. The molecule has 0 radical (unpaired) electrons. The van der Waals surface area contributed by atoms with E-state index >= 15 is 0 Å². The lowest BCUT2D eigenvalue weighted by Gasteiger charge is -2.25. The number of hydrogen-bond acceptors (Lipinski definition) is 6. The number of rotatable bonds is 5. The van der Waals surface area contributed by atoms with Crippen molar-refractivity contribution in [3.05, 3.63) is 59.0 Å². The zero-order valence-corrected chi connectivity index (χ0v) is 24.2. The summed E-state index contributed by atoms with van der Waals surface area (Å²) < 4.78 is 2.02. The normalized spacial score (nSPS) is 20.3. The van der Waals surface area contributed by atoms with E-state index in [-0.39, 0.29) is 40.2 Å². The maximum atomic E-state index is 13.9. The summed E-state index contributed by atoms with van der Waals surface area (Å²) in [5.74, 6) is 0.989. The number of aryl methyl sites for hydroxylation is 1. The van der Waals surface area contributed by atoms with E-state index in [1.165, 1.54) is 23.1 Å². The molecule has 1 unspecified atom stereocenters. The first-order chi connectivity index (χ1) is 19.7. The van der Waals surface area contributed by atoms with E-state index < -0.39 is 12.1 Å². The highest BCUT2D eigenvalue weighted by molar-refractivity contribution is 7.99. The van der Waals surface area contributed by atoms with Crippen molar-refractivity contribution in [1.82, 2.24) is 9.55 Å². The van der Waals surface area contributed by atoms with Crippen LogP contribution < -0.4 is 20.4 Å². The number of amides is 4. The van der Waals surface area contributed by atoms with Crippen molar-refractivity contribution in [3.8, 4) is 11.4 Å². The van der Waals surface area contributed by atoms with Gasteiger partial charge in [0, 0.05) is 51.9 Å². The number of carbonyl (C=O) groups is 3. The molecule has 2 fully saturated rings.